The maximum atomic E-state index is 12.9. The maximum Gasteiger partial charge on any atom is 0.416 e. The second-order valence-corrected chi connectivity index (χ2v) is 14.6. The topological polar surface area (TPSA) is 126 Å². The van der Waals surface area contributed by atoms with Crippen LogP contribution in [0.15, 0.2) is 162 Å². The van der Waals surface area contributed by atoms with Gasteiger partial charge in [0, 0.05) is 41.7 Å². The first kappa shape index (κ1) is 45.7. The molecule has 11 rings (SSSR count). The largest absolute Gasteiger partial charge is 0.507 e. The number of alkyl halides is 6. The minimum Gasteiger partial charge on any atom is -0.507 e. The first-order chi connectivity index (χ1) is 31.8. The predicted octanol–water partition coefficient (Wildman–Crippen LogP) is 12.4. The molecule has 0 aliphatic rings. The fourth-order valence-electron chi connectivity index (χ4n) is 7.25. The van der Waals surface area contributed by atoms with E-state index in [1.807, 2.05) is 78.9 Å². The van der Waals surface area contributed by atoms with Gasteiger partial charge in [-0.05, 0) is 84.9 Å². The van der Waals surface area contributed by atoms with Crippen LogP contribution >= 0.6 is 0 Å². The van der Waals surface area contributed by atoms with Crippen LogP contribution in [0, 0.1) is 0 Å². The standard InChI is InChI=1S/2C18H12F3N3O.C13H9NO2.Ir/c2*1-25-17-9-8-16(12-4-2-3-5-13(12)17)24-22-14-7-6-11(18(19,20)21)10-15(14)23-24;15-11-7-3-1-5-9(11)13-14-10-6-2-4-8-12(10)16-13;/h2*2-10H,1H3;1-8,15H;. The number of hydrogen-bond acceptors (Lipinski definition) is 9. The van der Waals surface area contributed by atoms with E-state index in [2.05, 4.69) is 25.4 Å². The molecule has 0 amide bonds. The average molecular weight is 1090 g/mol. The predicted molar refractivity (Wildman–Crippen MR) is 237 cm³/mol. The third-order valence-corrected chi connectivity index (χ3v) is 10.4. The van der Waals surface area contributed by atoms with Gasteiger partial charge < -0.3 is 19.0 Å². The normalized spacial score (nSPS) is 11.5. The number of hydrogen-bond donors (Lipinski definition) is 1. The number of benzene rings is 8. The first-order valence-electron chi connectivity index (χ1n) is 19.9. The number of rotatable bonds is 5. The second kappa shape index (κ2) is 18.6. The van der Waals surface area contributed by atoms with E-state index in [1.165, 1.54) is 21.7 Å². The van der Waals surface area contributed by atoms with Gasteiger partial charge in [0.1, 0.15) is 44.8 Å². The molecule has 0 spiro atoms. The van der Waals surface area contributed by atoms with Crippen molar-refractivity contribution in [2.45, 2.75) is 12.4 Å². The number of para-hydroxylation sites is 3. The zero-order valence-electron chi connectivity index (χ0n) is 34.9. The van der Waals surface area contributed by atoms with Crippen molar-refractivity contribution < 1.29 is 65.4 Å². The molecule has 0 atom stereocenters. The van der Waals surface area contributed by atoms with Crippen molar-refractivity contribution in [2.24, 2.45) is 0 Å². The Bertz CT molecular complexity index is 3340. The van der Waals surface area contributed by atoms with Crippen LogP contribution in [0.25, 0.3) is 77.5 Å². The van der Waals surface area contributed by atoms with E-state index in [-0.39, 0.29) is 36.9 Å². The number of phenolic OH excluding ortho intramolecular Hbond substituents is 1. The van der Waals surface area contributed by atoms with Crippen LogP contribution < -0.4 is 9.47 Å². The zero-order chi connectivity index (χ0) is 46.2. The molecular formula is C49H33F6IrN7O4. The van der Waals surface area contributed by atoms with Crippen LogP contribution in [0.1, 0.15) is 11.1 Å². The quantitative estimate of drug-likeness (QED) is 0.168. The van der Waals surface area contributed by atoms with E-state index in [0.717, 1.165) is 56.9 Å². The van der Waals surface area contributed by atoms with Gasteiger partial charge in [0.05, 0.1) is 42.3 Å². The Hall–Kier alpha value is -7.82. The Labute approximate surface area is 389 Å². The Kier molecular flexibility index (Phi) is 12.7. The molecule has 67 heavy (non-hydrogen) atoms. The van der Waals surface area contributed by atoms with Gasteiger partial charge >= 0.3 is 12.4 Å². The van der Waals surface area contributed by atoms with E-state index in [1.54, 1.807) is 56.7 Å². The summed E-state index contributed by atoms with van der Waals surface area (Å²) in [6.07, 6.45) is -8.82. The summed E-state index contributed by atoms with van der Waals surface area (Å²) in [6, 6.07) is 43.4. The number of aromatic hydroxyl groups is 1. The summed E-state index contributed by atoms with van der Waals surface area (Å²) >= 11 is 0. The van der Waals surface area contributed by atoms with Crippen LogP contribution in [0.3, 0.4) is 0 Å². The summed E-state index contributed by atoms with van der Waals surface area (Å²) in [7, 11) is 3.17. The van der Waals surface area contributed by atoms with Crippen LogP contribution in [0.5, 0.6) is 17.2 Å². The van der Waals surface area contributed by atoms with Gasteiger partial charge in [-0.2, -0.15) is 26.3 Å². The van der Waals surface area contributed by atoms with Crippen LogP contribution in [0.4, 0.5) is 26.3 Å². The molecular weight excluding hydrogens is 1060 g/mol. The van der Waals surface area contributed by atoms with Gasteiger partial charge in [0.25, 0.3) is 0 Å². The van der Waals surface area contributed by atoms with Gasteiger partial charge in [-0.25, -0.2) is 4.98 Å². The van der Waals surface area contributed by atoms with E-state index < -0.39 is 23.5 Å². The van der Waals surface area contributed by atoms with Gasteiger partial charge in [0.15, 0.2) is 5.58 Å². The number of aromatic nitrogens is 7. The van der Waals surface area contributed by atoms with Crippen molar-refractivity contribution in [3.05, 3.63) is 169 Å². The Morgan fingerprint density at radius 2 is 0.910 bits per heavy atom. The number of phenols is 1. The van der Waals surface area contributed by atoms with Crippen molar-refractivity contribution in [1.29, 1.82) is 0 Å². The van der Waals surface area contributed by atoms with Crippen LogP contribution in [-0.2, 0) is 32.5 Å². The van der Waals surface area contributed by atoms with Crippen molar-refractivity contribution in [3.8, 4) is 40.1 Å². The smallest absolute Gasteiger partial charge is 0.416 e. The summed E-state index contributed by atoms with van der Waals surface area (Å²) in [5.74, 6) is 2.03. The molecule has 8 aromatic carbocycles. The molecule has 0 aliphatic carbocycles. The molecule has 0 fully saturated rings. The Balaban J connectivity index is 0.000000139. The number of fused-ring (bicyclic) bond motifs is 5. The van der Waals surface area contributed by atoms with Crippen LogP contribution in [0.2, 0.25) is 0 Å². The molecule has 0 unspecified atom stereocenters. The summed E-state index contributed by atoms with van der Waals surface area (Å²) in [5.41, 5.74) is 3.14. The fraction of sp³-hybridized carbons (Fsp3) is 0.0816. The number of ether oxygens (including phenoxy) is 2. The molecule has 0 aliphatic heterocycles. The molecule has 18 heteroatoms. The van der Waals surface area contributed by atoms with Crippen molar-refractivity contribution in [1.82, 2.24) is 35.0 Å². The van der Waals surface area contributed by atoms with E-state index >= 15 is 0 Å². The molecule has 339 valence electrons. The van der Waals surface area contributed by atoms with E-state index in [9.17, 15) is 31.4 Å². The van der Waals surface area contributed by atoms with Gasteiger partial charge in [-0.15, -0.1) is 30.0 Å². The SMILES string of the molecule is COc1ccc(-n2nc3ccc(C(F)(F)F)cc3n2)c2ccccc12.COc1ccc(-n2nc3ccc(C(F)(F)F)cc3n2)c2ccccc12.Oc1ccccc1-c1nc2ccccc2o1.[Ir]. The molecule has 0 saturated heterocycles. The zero-order valence-corrected chi connectivity index (χ0v) is 37.3. The van der Waals surface area contributed by atoms with Crippen molar-refractivity contribution in [2.75, 3.05) is 14.2 Å². The molecule has 1 radical (unpaired) electrons. The molecule has 3 heterocycles. The number of halogens is 6. The second-order valence-electron chi connectivity index (χ2n) is 14.6. The summed E-state index contributed by atoms with van der Waals surface area (Å²) in [4.78, 5) is 7.02. The van der Waals surface area contributed by atoms with Gasteiger partial charge in [-0.1, -0.05) is 72.8 Å². The maximum absolute atomic E-state index is 12.9. The van der Waals surface area contributed by atoms with Crippen molar-refractivity contribution in [3.63, 3.8) is 0 Å². The molecule has 3 aromatic heterocycles. The Morgan fingerprint density at radius 1 is 0.478 bits per heavy atom. The minimum absolute atomic E-state index is 0. The summed E-state index contributed by atoms with van der Waals surface area (Å²) in [6.45, 7) is 0. The third kappa shape index (κ3) is 9.34. The molecule has 0 bridgehead atoms. The van der Waals surface area contributed by atoms with Gasteiger partial charge in [0.2, 0.25) is 5.89 Å². The number of methoxy groups -OCH3 is 2. The molecule has 0 saturated carbocycles. The molecule has 1 N–H and O–H groups in total. The summed E-state index contributed by atoms with van der Waals surface area (Å²) < 4.78 is 93.5. The minimum atomic E-state index is -4.41. The monoisotopic (exact) mass is 1090 g/mol. The van der Waals surface area contributed by atoms with Gasteiger partial charge in [-0.3, -0.25) is 0 Å². The van der Waals surface area contributed by atoms with E-state index in [4.69, 9.17) is 13.9 Å². The third-order valence-electron chi connectivity index (χ3n) is 10.4. The molecule has 11 nitrogen and oxygen atoms in total. The Morgan fingerprint density at radius 3 is 1.37 bits per heavy atom. The fourth-order valence-corrected chi connectivity index (χ4v) is 7.25. The van der Waals surface area contributed by atoms with Crippen molar-refractivity contribution >= 4 is 54.7 Å². The van der Waals surface area contributed by atoms with Crippen LogP contribution in [-0.4, -0.2) is 54.3 Å². The average Bonchev–Trinajstić information content (AvgIpc) is 4.07. The molecule has 11 aromatic rings. The first-order valence-corrected chi connectivity index (χ1v) is 19.9. The van der Waals surface area contributed by atoms with E-state index in [0.29, 0.717) is 45.4 Å². The summed E-state index contributed by atoms with van der Waals surface area (Å²) in [5, 5.41) is 30.2. The number of nitrogens with zero attached hydrogens (tertiary/aromatic N) is 7. The number of oxazole rings is 1.